The summed E-state index contributed by atoms with van der Waals surface area (Å²) in [5.74, 6) is -0.605. The first kappa shape index (κ1) is 12.0. The van der Waals surface area contributed by atoms with Crippen molar-refractivity contribution in [3.8, 4) is 11.1 Å². The minimum absolute atomic E-state index is 0.314. The third kappa shape index (κ3) is 2.14. The number of amides is 1. The van der Waals surface area contributed by atoms with Gasteiger partial charge in [-0.2, -0.15) is 0 Å². The van der Waals surface area contributed by atoms with Crippen LogP contribution in [0.15, 0.2) is 48.5 Å². The van der Waals surface area contributed by atoms with E-state index in [0.29, 0.717) is 22.3 Å². The van der Waals surface area contributed by atoms with Crippen LogP contribution in [0.2, 0.25) is 0 Å². The number of hydrogen-bond acceptors (Lipinski definition) is 3. The minimum atomic E-state index is -0.605. The third-order valence-electron chi connectivity index (χ3n) is 2.65. The fourth-order valence-electron chi connectivity index (χ4n) is 1.82. The zero-order chi connectivity index (χ0) is 13.0. The number of benzene rings is 2. The maximum Gasteiger partial charge on any atom is 0.275 e. The van der Waals surface area contributed by atoms with Crippen LogP contribution in [0.5, 0.6) is 0 Å². The normalized spacial score (nSPS) is 9.83. The van der Waals surface area contributed by atoms with Crippen molar-refractivity contribution in [2.24, 2.45) is 0 Å². The Hall–Kier alpha value is -2.46. The molecule has 0 aromatic heterocycles. The maximum absolute atomic E-state index is 11.6. The van der Waals surface area contributed by atoms with Crippen LogP contribution in [0.25, 0.3) is 11.1 Å². The van der Waals surface area contributed by atoms with Gasteiger partial charge in [0.1, 0.15) is 0 Å². The van der Waals surface area contributed by atoms with E-state index in [-0.39, 0.29) is 0 Å². The van der Waals surface area contributed by atoms with E-state index in [1.165, 1.54) is 0 Å². The first-order chi connectivity index (χ1) is 8.77. The summed E-state index contributed by atoms with van der Waals surface area (Å²) in [7, 11) is 0. The molecule has 0 aliphatic heterocycles. The lowest BCUT2D eigenvalue weighted by atomic mass is 9.95. The number of aldehydes is 1. The molecule has 90 valence electrons. The second-order valence-corrected chi connectivity index (χ2v) is 3.69. The van der Waals surface area contributed by atoms with Gasteiger partial charge in [0.25, 0.3) is 5.91 Å². The molecule has 2 N–H and O–H groups in total. The van der Waals surface area contributed by atoms with Crippen molar-refractivity contribution in [2.75, 3.05) is 0 Å². The van der Waals surface area contributed by atoms with Crippen LogP contribution < -0.4 is 5.48 Å². The van der Waals surface area contributed by atoms with Gasteiger partial charge in [0.05, 0.1) is 0 Å². The van der Waals surface area contributed by atoms with E-state index in [4.69, 9.17) is 5.21 Å². The zero-order valence-corrected chi connectivity index (χ0v) is 9.46. The number of hydroxylamine groups is 1. The van der Waals surface area contributed by atoms with Crippen LogP contribution in [0.4, 0.5) is 0 Å². The monoisotopic (exact) mass is 241 g/mol. The topological polar surface area (TPSA) is 66.4 Å². The molecule has 0 heterocycles. The van der Waals surface area contributed by atoms with E-state index >= 15 is 0 Å². The Kier molecular flexibility index (Phi) is 3.50. The first-order valence-corrected chi connectivity index (χ1v) is 5.36. The number of carbonyl (C=O) groups is 2. The van der Waals surface area contributed by atoms with Crippen LogP contribution >= 0.6 is 0 Å². The second kappa shape index (κ2) is 5.25. The van der Waals surface area contributed by atoms with E-state index in [1.54, 1.807) is 54.0 Å². The van der Waals surface area contributed by atoms with E-state index in [9.17, 15) is 9.59 Å². The van der Waals surface area contributed by atoms with E-state index in [0.717, 1.165) is 6.29 Å². The fourth-order valence-corrected chi connectivity index (χ4v) is 1.82. The number of carbonyl (C=O) groups excluding carboxylic acids is 2. The molecule has 1 amide bonds. The van der Waals surface area contributed by atoms with Gasteiger partial charge in [-0.25, -0.2) is 5.48 Å². The van der Waals surface area contributed by atoms with E-state index in [1.807, 2.05) is 0 Å². The van der Waals surface area contributed by atoms with Gasteiger partial charge < -0.3 is 0 Å². The molecule has 0 atom stereocenters. The average molecular weight is 241 g/mol. The number of rotatable bonds is 3. The van der Waals surface area contributed by atoms with E-state index < -0.39 is 5.91 Å². The molecule has 4 heteroatoms. The van der Waals surface area contributed by atoms with Crippen LogP contribution in [0.3, 0.4) is 0 Å². The summed E-state index contributed by atoms with van der Waals surface area (Å²) in [6.07, 6.45) is 0.739. The van der Waals surface area contributed by atoms with Gasteiger partial charge in [0.2, 0.25) is 0 Å². The van der Waals surface area contributed by atoms with Crippen molar-refractivity contribution in [1.29, 1.82) is 0 Å². The molecule has 0 radical (unpaired) electrons. The lowest BCUT2D eigenvalue weighted by Crippen LogP contribution is -2.19. The molecule has 2 aromatic rings. The molecule has 0 bridgehead atoms. The minimum Gasteiger partial charge on any atom is -0.298 e. The Labute approximate surface area is 104 Å². The summed E-state index contributed by atoms with van der Waals surface area (Å²) in [5, 5.41) is 8.72. The second-order valence-electron chi connectivity index (χ2n) is 3.69. The van der Waals surface area contributed by atoms with Gasteiger partial charge in [-0.1, -0.05) is 42.5 Å². The highest BCUT2D eigenvalue weighted by Crippen LogP contribution is 2.26. The van der Waals surface area contributed by atoms with Gasteiger partial charge in [0, 0.05) is 11.1 Å². The van der Waals surface area contributed by atoms with Crippen LogP contribution in [-0.2, 0) is 0 Å². The fraction of sp³-hybridized carbons (Fsp3) is 0. The molecule has 4 nitrogen and oxygen atoms in total. The third-order valence-corrected chi connectivity index (χ3v) is 2.65. The molecule has 0 spiro atoms. The van der Waals surface area contributed by atoms with Gasteiger partial charge in [0.15, 0.2) is 6.29 Å². The molecule has 2 rings (SSSR count). The molecule has 0 aliphatic carbocycles. The molecule has 0 saturated carbocycles. The molecule has 0 unspecified atom stereocenters. The molecular weight excluding hydrogens is 230 g/mol. The van der Waals surface area contributed by atoms with Crippen molar-refractivity contribution >= 4 is 12.2 Å². The molecule has 0 saturated heterocycles. The summed E-state index contributed by atoms with van der Waals surface area (Å²) in [6, 6.07) is 13.7. The Morgan fingerprint density at radius 1 is 1.00 bits per heavy atom. The Balaban J connectivity index is 2.64. The summed E-state index contributed by atoms with van der Waals surface area (Å²) < 4.78 is 0. The summed E-state index contributed by atoms with van der Waals surface area (Å²) >= 11 is 0. The molecule has 2 aromatic carbocycles. The Morgan fingerprint density at radius 2 is 1.61 bits per heavy atom. The van der Waals surface area contributed by atoms with Crippen molar-refractivity contribution in [3.05, 3.63) is 59.7 Å². The predicted octanol–water partition coefficient (Wildman–Crippen LogP) is 2.29. The highest BCUT2D eigenvalue weighted by atomic mass is 16.5. The SMILES string of the molecule is O=Cc1ccccc1-c1ccccc1C(=O)NO. The number of nitrogens with one attached hydrogen (secondary N) is 1. The average Bonchev–Trinajstić information content (AvgIpc) is 2.46. The lowest BCUT2D eigenvalue weighted by Gasteiger charge is -2.09. The van der Waals surface area contributed by atoms with Crippen LogP contribution in [0, 0.1) is 0 Å². The molecular formula is C14H11NO3. The molecule has 18 heavy (non-hydrogen) atoms. The summed E-state index contributed by atoms with van der Waals surface area (Å²) in [4.78, 5) is 22.6. The standard InChI is InChI=1S/C14H11NO3/c16-9-10-5-1-2-6-11(10)12-7-3-4-8-13(12)14(17)15-18/h1-9,18H,(H,15,17). The van der Waals surface area contributed by atoms with Gasteiger partial charge >= 0.3 is 0 Å². The summed E-state index contributed by atoms with van der Waals surface area (Å²) in [6.45, 7) is 0. The highest BCUT2D eigenvalue weighted by Gasteiger charge is 2.13. The quantitative estimate of drug-likeness (QED) is 0.492. The highest BCUT2D eigenvalue weighted by molar-refractivity contribution is 6.02. The van der Waals surface area contributed by atoms with Gasteiger partial charge in [-0.3, -0.25) is 14.8 Å². The Bertz CT molecular complexity index is 593. The first-order valence-electron chi connectivity index (χ1n) is 5.36. The lowest BCUT2D eigenvalue weighted by molar-refractivity contribution is 0.0707. The number of hydrogen-bond donors (Lipinski definition) is 2. The maximum atomic E-state index is 11.6. The largest absolute Gasteiger partial charge is 0.298 e. The zero-order valence-electron chi connectivity index (χ0n) is 9.46. The predicted molar refractivity (Wildman–Crippen MR) is 66.5 cm³/mol. The van der Waals surface area contributed by atoms with Gasteiger partial charge in [-0.05, 0) is 17.2 Å². The van der Waals surface area contributed by atoms with Crippen molar-refractivity contribution in [3.63, 3.8) is 0 Å². The van der Waals surface area contributed by atoms with Crippen molar-refractivity contribution in [2.45, 2.75) is 0 Å². The van der Waals surface area contributed by atoms with E-state index in [2.05, 4.69) is 0 Å². The smallest absolute Gasteiger partial charge is 0.275 e. The molecule has 0 aliphatic rings. The Morgan fingerprint density at radius 3 is 2.28 bits per heavy atom. The van der Waals surface area contributed by atoms with Crippen LogP contribution in [0.1, 0.15) is 20.7 Å². The van der Waals surface area contributed by atoms with Crippen LogP contribution in [-0.4, -0.2) is 17.4 Å². The van der Waals surface area contributed by atoms with Crippen molar-refractivity contribution in [1.82, 2.24) is 5.48 Å². The van der Waals surface area contributed by atoms with Gasteiger partial charge in [-0.15, -0.1) is 0 Å². The van der Waals surface area contributed by atoms with Crippen molar-refractivity contribution < 1.29 is 14.8 Å². The summed E-state index contributed by atoms with van der Waals surface area (Å²) in [5.41, 5.74) is 3.67. The molecule has 0 fully saturated rings.